The number of H-pyrrole nitrogens is 1. The molecule has 0 fully saturated rings. The highest BCUT2D eigenvalue weighted by molar-refractivity contribution is 5.73. The van der Waals surface area contributed by atoms with E-state index in [1.54, 1.807) is 25.7 Å². The summed E-state index contributed by atoms with van der Waals surface area (Å²) < 4.78 is 0. The molecular weight excluding hydrogens is 102 g/mol. The van der Waals surface area contributed by atoms with Gasteiger partial charge in [-0.05, 0) is 0 Å². The number of rotatable bonds is 1. The molecule has 0 saturated carbocycles. The number of aromatic amines is 1. The first-order valence-electron chi connectivity index (χ1n) is 2.35. The topological polar surface area (TPSA) is 41.0 Å². The molecule has 8 heavy (non-hydrogen) atoms. The minimum absolute atomic E-state index is 0.799. The summed E-state index contributed by atoms with van der Waals surface area (Å²) in [6.07, 6.45) is 5.12. The normalized spacial score (nSPS) is 10.6. The quantitative estimate of drug-likeness (QED) is 0.523. The van der Waals surface area contributed by atoms with Crippen molar-refractivity contribution in [3.8, 4) is 0 Å². The summed E-state index contributed by atoms with van der Waals surface area (Å²) in [5, 5.41) is 0. The second kappa shape index (κ2) is 2.26. The molecule has 0 bridgehead atoms. The molecule has 0 radical (unpaired) electrons. The summed E-state index contributed by atoms with van der Waals surface area (Å²) in [6.45, 7) is 0. The lowest BCUT2D eigenvalue weighted by atomic mass is 10.7. The molecular formula is C5H7N3. The zero-order valence-corrected chi connectivity index (χ0v) is 4.63. The Morgan fingerprint density at radius 1 is 1.88 bits per heavy atom. The Labute approximate surface area is 47.5 Å². The van der Waals surface area contributed by atoms with Gasteiger partial charge < -0.3 is 4.98 Å². The second-order valence-corrected chi connectivity index (χ2v) is 1.36. The fourth-order valence-corrected chi connectivity index (χ4v) is 0.470. The van der Waals surface area contributed by atoms with Crippen LogP contribution < -0.4 is 0 Å². The second-order valence-electron chi connectivity index (χ2n) is 1.36. The van der Waals surface area contributed by atoms with Gasteiger partial charge in [-0.2, -0.15) is 0 Å². The summed E-state index contributed by atoms with van der Waals surface area (Å²) >= 11 is 0. The van der Waals surface area contributed by atoms with Crippen molar-refractivity contribution in [2.45, 2.75) is 0 Å². The molecule has 3 heteroatoms. The minimum Gasteiger partial charge on any atom is -0.344 e. The first-order chi connectivity index (χ1) is 3.93. The highest BCUT2D eigenvalue weighted by Crippen LogP contribution is 1.79. The summed E-state index contributed by atoms with van der Waals surface area (Å²) in [6, 6.07) is 0. The van der Waals surface area contributed by atoms with Gasteiger partial charge in [0.1, 0.15) is 5.82 Å². The lowest BCUT2D eigenvalue weighted by Crippen LogP contribution is -1.80. The lowest BCUT2D eigenvalue weighted by molar-refractivity contribution is 1.26. The average Bonchev–Trinajstić information content (AvgIpc) is 2.19. The summed E-state index contributed by atoms with van der Waals surface area (Å²) in [7, 11) is 1.71. The lowest BCUT2D eigenvalue weighted by Gasteiger charge is -1.75. The molecule has 3 nitrogen and oxygen atoms in total. The van der Waals surface area contributed by atoms with Crippen molar-refractivity contribution < 1.29 is 0 Å². The highest BCUT2D eigenvalue weighted by atomic mass is 14.9. The zero-order valence-electron chi connectivity index (χ0n) is 4.63. The molecule has 0 spiro atoms. The molecule has 0 aromatic carbocycles. The van der Waals surface area contributed by atoms with Gasteiger partial charge in [0, 0.05) is 19.4 Å². The van der Waals surface area contributed by atoms with Crippen LogP contribution >= 0.6 is 0 Å². The molecule has 1 aromatic heterocycles. The molecule has 0 atom stereocenters. The predicted molar refractivity (Wildman–Crippen MR) is 32.1 cm³/mol. The first-order valence-corrected chi connectivity index (χ1v) is 2.35. The molecule has 1 aromatic rings. The largest absolute Gasteiger partial charge is 0.344 e. The number of imidazole rings is 1. The molecule has 0 aliphatic carbocycles. The van der Waals surface area contributed by atoms with E-state index in [0.717, 1.165) is 5.82 Å². The number of nitrogens with zero attached hydrogens (tertiary/aromatic N) is 2. The van der Waals surface area contributed by atoms with Crippen LogP contribution in [-0.4, -0.2) is 23.2 Å². The van der Waals surface area contributed by atoms with Crippen LogP contribution in [0.4, 0.5) is 0 Å². The van der Waals surface area contributed by atoms with E-state index in [9.17, 15) is 0 Å². The maximum Gasteiger partial charge on any atom is 0.147 e. The minimum atomic E-state index is 0.799. The number of aromatic nitrogens is 2. The maximum absolute atomic E-state index is 3.90. The highest BCUT2D eigenvalue weighted by Gasteiger charge is 1.81. The molecule has 0 aliphatic heterocycles. The fraction of sp³-hybridized carbons (Fsp3) is 0.200. The van der Waals surface area contributed by atoms with Crippen molar-refractivity contribution in [3.05, 3.63) is 18.2 Å². The molecule has 1 heterocycles. The van der Waals surface area contributed by atoms with E-state index in [1.165, 1.54) is 0 Å². The zero-order chi connectivity index (χ0) is 5.82. The van der Waals surface area contributed by atoms with Crippen LogP contribution in [0.3, 0.4) is 0 Å². The van der Waals surface area contributed by atoms with Crippen molar-refractivity contribution in [1.82, 2.24) is 9.97 Å². The molecule has 0 aliphatic rings. The first kappa shape index (κ1) is 5.03. The van der Waals surface area contributed by atoms with Gasteiger partial charge in [0.05, 0.1) is 6.21 Å². The van der Waals surface area contributed by atoms with Crippen LogP contribution in [0, 0.1) is 0 Å². The molecule has 1 rings (SSSR count). The number of hydrogen-bond donors (Lipinski definition) is 1. The Kier molecular flexibility index (Phi) is 1.42. The van der Waals surface area contributed by atoms with Gasteiger partial charge in [-0.15, -0.1) is 0 Å². The smallest absolute Gasteiger partial charge is 0.147 e. The molecule has 0 unspecified atom stereocenters. The van der Waals surface area contributed by atoms with Gasteiger partial charge in [-0.3, -0.25) is 4.99 Å². The average molecular weight is 109 g/mol. The van der Waals surface area contributed by atoms with E-state index in [-0.39, 0.29) is 0 Å². The molecule has 1 N–H and O–H groups in total. The van der Waals surface area contributed by atoms with E-state index < -0.39 is 0 Å². The van der Waals surface area contributed by atoms with E-state index in [0.29, 0.717) is 0 Å². The third-order valence-corrected chi connectivity index (χ3v) is 0.771. The van der Waals surface area contributed by atoms with Gasteiger partial charge in [0.15, 0.2) is 0 Å². The van der Waals surface area contributed by atoms with Crippen LogP contribution in [0.2, 0.25) is 0 Å². The van der Waals surface area contributed by atoms with Crippen LogP contribution in [0.5, 0.6) is 0 Å². The summed E-state index contributed by atoms with van der Waals surface area (Å²) in [4.78, 5) is 10.5. The van der Waals surface area contributed by atoms with Crippen LogP contribution in [0.1, 0.15) is 5.82 Å². The monoisotopic (exact) mass is 109 g/mol. The summed E-state index contributed by atoms with van der Waals surface area (Å²) in [5.74, 6) is 0.799. The predicted octanol–water partition coefficient (Wildman–Crippen LogP) is 0.458. The Morgan fingerprint density at radius 3 is 3.25 bits per heavy atom. The molecule has 42 valence electrons. The van der Waals surface area contributed by atoms with Crippen LogP contribution in [0.15, 0.2) is 17.4 Å². The summed E-state index contributed by atoms with van der Waals surface area (Å²) in [5.41, 5.74) is 0. The SMILES string of the molecule is CN=Cc1ncc[nH]1. The van der Waals surface area contributed by atoms with Gasteiger partial charge in [0.25, 0.3) is 0 Å². The van der Waals surface area contributed by atoms with Crippen LogP contribution in [-0.2, 0) is 0 Å². The Hall–Kier alpha value is -1.12. The van der Waals surface area contributed by atoms with Crippen molar-refractivity contribution in [2.24, 2.45) is 4.99 Å². The van der Waals surface area contributed by atoms with Crippen molar-refractivity contribution >= 4 is 6.21 Å². The Bertz CT molecular complexity index is 164. The standard InChI is InChI=1S/C5H7N3/c1-6-4-5-7-2-3-8-5/h2-4H,1H3,(H,7,8). The number of hydrogen-bond acceptors (Lipinski definition) is 2. The van der Waals surface area contributed by atoms with E-state index in [4.69, 9.17) is 0 Å². The van der Waals surface area contributed by atoms with E-state index in [2.05, 4.69) is 15.0 Å². The number of aliphatic imine (C=N–C) groups is 1. The van der Waals surface area contributed by atoms with Crippen LogP contribution in [0.25, 0.3) is 0 Å². The van der Waals surface area contributed by atoms with Crippen molar-refractivity contribution in [2.75, 3.05) is 7.05 Å². The van der Waals surface area contributed by atoms with Gasteiger partial charge in [-0.1, -0.05) is 0 Å². The third-order valence-electron chi connectivity index (χ3n) is 0.771. The number of nitrogens with one attached hydrogen (secondary N) is 1. The van der Waals surface area contributed by atoms with Gasteiger partial charge in [-0.25, -0.2) is 4.98 Å². The molecule has 0 saturated heterocycles. The van der Waals surface area contributed by atoms with Crippen molar-refractivity contribution in [3.63, 3.8) is 0 Å². The molecule has 0 amide bonds. The van der Waals surface area contributed by atoms with Crippen molar-refractivity contribution in [1.29, 1.82) is 0 Å². The maximum atomic E-state index is 3.90. The Morgan fingerprint density at radius 2 is 2.75 bits per heavy atom. The fourth-order valence-electron chi connectivity index (χ4n) is 0.470. The van der Waals surface area contributed by atoms with Gasteiger partial charge >= 0.3 is 0 Å². The Balaban J connectivity index is 2.77. The third kappa shape index (κ3) is 0.932. The van der Waals surface area contributed by atoms with E-state index >= 15 is 0 Å². The van der Waals surface area contributed by atoms with E-state index in [1.807, 2.05) is 0 Å². The van der Waals surface area contributed by atoms with Gasteiger partial charge in [0.2, 0.25) is 0 Å².